The second-order valence-electron chi connectivity index (χ2n) is 5.17. The van der Waals surface area contributed by atoms with Crippen LogP contribution in [0, 0.1) is 6.92 Å². The summed E-state index contributed by atoms with van der Waals surface area (Å²) >= 11 is 1.42. The summed E-state index contributed by atoms with van der Waals surface area (Å²) < 4.78 is 4.98. The van der Waals surface area contributed by atoms with Crippen molar-refractivity contribution in [1.29, 1.82) is 0 Å². The van der Waals surface area contributed by atoms with E-state index in [2.05, 4.69) is 27.6 Å². The molecule has 0 bridgehead atoms. The van der Waals surface area contributed by atoms with Crippen LogP contribution >= 0.6 is 11.3 Å². The number of amides is 2. The van der Waals surface area contributed by atoms with Gasteiger partial charge < -0.3 is 9.42 Å². The zero-order chi connectivity index (χ0) is 15.9. The average Bonchev–Trinajstić information content (AvgIpc) is 3.08. The summed E-state index contributed by atoms with van der Waals surface area (Å²) in [5.41, 5.74) is 0.715. The molecular weight excluding hydrogens is 302 g/mol. The minimum absolute atomic E-state index is 0.239. The first kappa shape index (κ1) is 16.4. The molecule has 1 N–H and O–H groups in total. The van der Waals surface area contributed by atoms with Gasteiger partial charge in [0.05, 0.1) is 6.54 Å². The van der Waals surface area contributed by atoms with Crippen LogP contribution in [0.25, 0.3) is 0 Å². The van der Waals surface area contributed by atoms with Gasteiger partial charge in [-0.3, -0.25) is 5.32 Å². The minimum Gasteiger partial charge on any atom is -0.361 e. The fourth-order valence-corrected chi connectivity index (χ4v) is 2.70. The highest BCUT2D eigenvalue weighted by Crippen LogP contribution is 2.18. The number of carbonyl (C=O) groups excluding carboxylic acids is 1. The van der Waals surface area contributed by atoms with Gasteiger partial charge in [0.2, 0.25) is 5.13 Å². The van der Waals surface area contributed by atoms with Crippen molar-refractivity contribution in [3.05, 3.63) is 22.5 Å². The lowest BCUT2D eigenvalue weighted by molar-refractivity contribution is 0.219. The Morgan fingerprint density at radius 2 is 2.23 bits per heavy atom. The molecule has 0 aliphatic rings. The summed E-state index contributed by atoms with van der Waals surface area (Å²) in [5.74, 6) is 0.727. The number of nitrogens with zero attached hydrogens (tertiary/aromatic N) is 4. The number of nitrogens with one attached hydrogen (secondary N) is 1. The van der Waals surface area contributed by atoms with Crippen molar-refractivity contribution < 1.29 is 9.32 Å². The van der Waals surface area contributed by atoms with Crippen LogP contribution in [0.1, 0.15) is 42.6 Å². The summed E-state index contributed by atoms with van der Waals surface area (Å²) in [6, 6.07) is 1.57. The van der Waals surface area contributed by atoms with Gasteiger partial charge in [-0.25, -0.2) is 4.79 Å². The largest absolute Gasteiger partial charge is 0.361 e. The average molecular weight is 323 g/mol. The van der Waals surface area contributed by atoms with Crippen molar-refractivity contribution >= 4 is 22.5 Å². The molecule has 8 heteroatoms. The van der Waals surface area contributed by atoms with Crippen LogP contribution in [-0.2, 0) is 13.0 Å². The van der Waals surface area contributed by atoms with E-state index < -0.39 is 0 Å². The van der Waals surface area contributed by atoms with Gasteiger partial charge in [0.25, 0.3) is 0 Å². The molecule has 22 heavy (non-hydrogen) atoms. The molecule has 0 radical (unpaired) electrons. The summed E-state index contributed by atoms with van der Waals surface area (Å²) in [6.07, 6.45) is 4.37. The second kappa shape index (κ2) is 7.88. The minimum atomic E-state index is -0.239. The number of hydrogen-bond donors (Lipinski definition) is 1. The molecule has 7 nitrogen and oxygen atoms in total. The summed E-state index contributed by atoms with van der Waals surface area (Å²) in [7, 11) is 1.70. The lowest BCUT2D eigenvalue weighted by Crippen LogP contribution is -2.30. The Labute approximate surface area is 133 Å². The van der Waals surface area contributed by atoms with E-state index in [1.807, 2.05) is 6.92 Å². The third kappa shape index (κ3) is 4.80. The number of hydrogen-bond acceptors (Lipinski definition) is 6. The van der Waals surface area contributed by atoms with Crippen LogP contribution in [0.3, 0.4) is 0 Å². The Bertz CT molecular complexity index is 610. The fourth-order valence-electron chi connectivity index (χ4n) is 1.93. The van der Waals surface area contributed by atoms with Crippen LogP contribution in [-0.4, -0.2) is 33.3 Å². The van der Waals surface area contributed by atoms with E-state index in [1.54, 1.807) is 13.1 Å². The van der Waals surface area contributed by atoms with E-state index in [-0.39, 0.29) is 6.03 Å². The molecule has 0 unspecified atom stereocenters. The number of anilines is 1. The molecule has 0 aliphatic carbocycles. The Hall–Kier alpha value is -1.96. The molecule has 0 aliphatic heterocycles. The zero-order valence-corrected chi connectivity index (χ0v) is 13.9. The highest BCUT2D eigenvalue weighted by molar-refractivity contribution is 7.15. The first-order valence-corrected chi connectivity index (χ1v) is 8.16. The molecule has 2 rings (SSSR count). The maximum Gasteiger partial charge on any atom is 0.323 e. The van der Waals surface area contributed by atoms with E-state index in [9.17, 15) is 4.79 Å². The predicted molar refractivity (Wildman–Crippen MR) is 84.9 cm³/mol. The maximum absolute atomic E-state index is 12.1. The molecule has 0 saturated carbocycles. The molecule has 2 aromatic rings. The van der Waals surface area contributed by atoms with Gasteiger partial charge in [-0.15, -0.1) is 10.2 Å². The first-order valence-electron chi connectivity index (χ1n) is 7.35. The molecular formula is C14H21N5O2S. The number of unbranched alkanes of at least 4 members (excludes halogenated alkanes) is 2. The Kier molecular flexibility index (Phi) is 5.88. The molecule has 0 spiro atoms. The number of rotatable bonds is 7. The summed E-state index contributed by atoms with van der Waals surface area (Å²) in [6.45, 7) is 4.36. The molecule has 0 aromatic carbocycles. The van der Waals surface area contributed by atoms with Gasteiger partial charge >= 0.3 is 6.03 Å². The number of urea groups is 1. The van der Waals surface area contributed by atoms with Crippen molar-refractivity contribution in [1.82, 2.24) is 20.3 Å². The van der Waals surface area contributed by atoms with Crippen molar-refractivity contribution in [2.45, 2.75) is 46.1 Å². The van der Waals surface area contributed by atoms with Crippen molar-refractivity contribution in [2.75, 3.05) is 12.4 Å². The van der Waals surface area contributed by atoms with Gasteiger partial charge in [-0.05, 0) is 13.3 Å². The molecule has 120 valence electrons. The van der Waals surface area contributed by atoms with Crippen LogP contribution < -0.4 is 5.32 Å². The monoisotopic (exact) mass is 323 g/mol. The molecule has 0 fully saturated rings. The SMILES string of the molecule is CCCCCc1nnc(NC(=O)N(C)Cc2cc(C)on2)s1. The lowest BCUT2D eigenvalue weighted by atomic mass is 10.2. The van der Waals surface area contributed by atoms with Gasteiger partial charge in [0, 0.05) is 19.5 Å². The molecule has 0 atom stereocenters. The van der Waals surface area contributed by atoms with Crippen LogP contribution in [0.15, 0.2) is 10.6 Å². The Balaban J connectivity index is 1.83. The summed E-state index contributed by atoms with van der Waals surface area (Å²) in [4.78, 5) is 13.6. The number of carbonyl (C=O) groups is 1. The first-order chi connectivity index (χ1) is 10.6. The van der Waals surface area contributed by atoms with Gasteiger partial charge in [-0.2, -0.15) is 0 Å². The van der Waals surface area contributed by atoms with Gasteiger partial charge in [0.1, 0.15) is 16.5 Å². The molecule has 0 saturated heterocycles. The Morgan fingerprint density at radius 1 is 1.41 bits per heavy atom. The van der Waals surface area contributed by atoms with Crippen molar-refractivity contribution in [3.8, 4) is 0 Å². The third-order valence-electron chi connectivity index (χ3n) is 3.10. The van der Waals surface area contributed by atoms with E-state index in [1.165, 1.54) is 29.1 Å². The van der Waals surface area contributed by atoms with E-state index >= 15 is 0 Å². The van der Waals surface area contributed by atoms with Crippen molar-refractivity contribution in [3.63, 3.8) is 0 Å². The molecule has 2 amide bonds. The highest BCUT2D eigenvalue weighted by atomic mass is 32.1. The topological polar surface area (TPSA) is 84.2 Å². The van der Waals surface area contributed by atoms with Gasteiger partial charge in [-0.1, -0.05) is 36.3 Å². The van der Waals surface area contributed by atoms with Gasteiger partial charge in [0.15, 0.2) is 0 Å². The van der Waals surface area contributed by atoms with E-state index in [0.717, 1.165) is 23.6 Å². The number of aryl methyl sites for hydroxylation is 2. The maximum atomic E-state index is 12.1. The standard InChI is InChI=1S/C14H21N5O2S/c1-4-5-6-7-12-16-17-13(22-12)15-14(20)19(3)9-11-8-10(2)21-18-11/h8H,4-7,9H2,1-3H3,(H,15,17,20). The van der Waals surface area contributed by atoms with E-state index in [0.29, 0.717) is 17.4 Å². The summed E-state index contributed by atoms with van der Waals surface area (Å²) in [5, 5.41) is 16.2. The zero-order valence-electron chi connectivity index (χ0n) is 13.1. The second-order valence-corrected chi connectivity index (χ2v) is 6.24. The predicted octanol–water partition coefficient (Wildman–Crippen LogP) is 3.23. The number of aromatic nitrogens is 3. The fraction of sp³-hybridized carbons (Fsp3) is 0.571. The lowest BCUT2D eigenvalue weighted by Gasteiger charge is -2.14. The highest BCUT2D eigenvalue weighted by Gasteiger charge is 2.14. The van der Waals surface area contributed by atoms with Crippen molar-refractivity contribution in [2.24, 2.45) is 0 Å². The van der Waals surface area contributed by atoms with E-state index in [4.69, 9.17) is 4.52 Å². The molecule has 2 heterocycles. The van der Waals surface area contributed by atoms with Crippen LogP contribution in [0.2, 0.25) is 0 Å². The van der Waals surface area contributed by atoms with Crippen LogP contribution in [0.5, 0.6) is 0 Å². The quantitative estimate of drug-likeness (QED) is 0.791. The Morgan fingerprint density at radius 3 is 2.91 bits per heavy atom. The smallest absolute Gasteiger partial charge is 0.323 e. The normalized spacial score (nSPS) is 10.7. The molecule has 2 aromatic heterocycles. The van der Waals surface area contributed by atoms with Crippen LogP contribution in [0.4, 0.5) is 9.93 Å². The third-order valence-corrected chi connectivity index (χ3v) is 4.00.